The lowest BCUT2D eigenvalue weighted by molar-refractivity contribution is 0.554. The van der Waals surface area contributed by atoms with Crippen LogP contribution in [0.5, 0.6) is 0 Å². The predicted molar refractivity (Wildman–Crippen MR) is 164 cm³/mol. The monoisotopic (exact) mass is 498 g/mol. The zero-order chi connectivity index (χ0) is 27.1. The van der Waals surface area contributed by atoms with Gasteiger partial charge in [0.25, 0.3) is 0 Å². The molecule has 0 bridgehead atoms. The Morgan fingerprint density at radius 2 is 0.889 bits per heavy atom. The molecular formula is C35H47P. The van der Waals surface area contributed by atoms with Gasteiger partial charge in [-0.1, -0.05) is 158 Å². The fourth-order valence-corrected chi connectivity index (χ4v) is 6.28. The number of hydrogen-bond donors (Lipinski definition) is 0. The van der Waals surface area contributed by atoms with Crippen molar-refractivity contribution in [3.05, 3.63) is 100 Å². The molecule has 0 fully saturated rings. The molecule has 0 aromatic heterocycles. The van der Waals surface area contributed by atoms with E-state index in [1.807, 2.05) is 0 Å². The number of benzene rings is 3. The molecule has 0 N–H and O–H groups in total. The fraction of sp³-hybridized carbons (Fsp3) is 0.457. The molecule has 3 rings (SSSR count). The van der Waals surface area contributed by atoms with E-state index in [1.165, 1.54) is 52.2 Å². The van der Waals surface area contributed by atoms with Crippen LogP contribution in [0, 0.1) is 0 Å². The molecule has 192 valence electrons. The predicted octanol–water partition coefficient (Wildman–Crippen LogP) is 9.72. The van der Waals surface area contributed by atoms with Crippen molar-refractivity contribution < 1.29 is 0 Å². The zero-order valence-corrected chi connectivity index (χ0v) is 25.7. The summed E-state index contributed by atoms with van der Waals surface area (Å²) in [7, 11) is 1.26. The Kier molecular flexibility index (Phi) is 7.85. The number of rotatable bonds is 3. The lowest BCUT2D eigenvalue weighted by Gasteiger charge is -2.33. The summed E-state index contributed by atoms with van der Waals surface area (Å²) in [5.74, 6) is 0. The molecule has 0 spiro atoms. The second-order valence-electron chi connectivity index (χ2n) is 14.3. The van der Waals surface area contributed by atoms with Gasteiger partial charge in [-0.25, -0.2) is 0 Å². The molecule has 0 nitrogen and oxygen atoms in total. The fourth-order valence-electron chi connectivity index (χ4n) is 4.46. The van der Waals surface area contributed by atoms with E-state index >= 15 is 0 Å². The Bertz CT molecular complexity index is 1180. The normalized spacial score (nSPS) is 13.7. The van der Waals surface area contributed by atoms with Crippen molar-refractivity contribution in [3.8, 4) is 0 Å². The van der Waals surface area contributed by atoms with E-state index in [9.17, 15) is 0 Å². The third-order valence-electron chi connectivity index (χ3n) is 6.89. The van der Waals surface area contributed by atoms with Crippen molar-refractivity contribution in [2.24, 2.45) is 0 Å². The van der Waals surface area contributed by atoms with E-state index in [4.69, 9.17) is 0 Å². The third kappa shape index (κ3) is 6.58. The van der Waals surface area contributed by atoms with E-state index in [2.05, 4.69) is 150 Å². The first-order valence-electron chi connectivity index (χ1n) is 13.3. The van der Waals surface area contributed by atoms with Gasteiger partial charge in [-0.3, -0.25) is 0 Å². The van der Waals surface area contributed by atoms with Crippen molar-refractivity contribution in [1.29, 1.82) is 0 Å². The smallest absolute Gasteiger partial charge is 0.0169 e. The first kappa shape index (κ1) is 28.4. The van der Waals surface area contributed by atoms with Crippen LogP contribution in [0.4, 0.5) is 0 Å². The van der Waals surface area contributed by atoms with Crippen molar-refractivity contribution in [2.75, 3.05) is 0 Å². The standard InChI is InChI=1S/C35H47P/c1-32(2,3)26-20-18-25(19-21-26)30(24-16-14-13-15-17-24)36-31-28(34(7,8)9)22-27(33(4,5)6)23-29(31)35(10,11)12/h13-23H,1-12H3. The molecule has 3 aromatic rings. The van der Waals surface area contributed by atoms with Gasteiger partial charge in [0.1, 0.15) is 0 Å². The van der Waals surface area contributed by atoms with Crippen LogP contribution < -0.4 is 5.30 Å². The average Bonchev–Trinajstić information content (AvgIpc) is 2.75. The summed E-state index contributed by atoms with van der Waals surface area (Å²) < 4.78 is 0. The minimum atomic E-state index is 0.0431. The molecule has 0 heterocycles. The molecule has 36 heavy (non-hydrogen) atoms. The van der Waals surface area contributed by atoms with Crippen molar-refractivity contribution in [2.45, 2.75) is 105 Å². The van der Waals surface area contributed by atoms with Gasteiger partial charge in [0.2, 0.25) is 0 Å². The van der Waals surface area contributed by atoms with E-state index in [-0.39, 0.29) is 21.7 Å². The van der Waals surface area contributed by atoms with E-state index in [0.29, 0.717) is 0 Å². The van der Waals surface area contributed by atoms with Gasteiger partial charge < -0.3 is 0 Å². The number of hydrogen-bond acceptors (Lipinski definition) is 0. The molecule has 0 saturated heterocycles. The van der Waals surface area contributed by atoms with Crippen molar-refractivity contribution in [3.63, 3.8) is 0 Å². The largest absolute Gasteiger partial charge is 0.0622 e. The molecule has 0 amide bonds. The van der Waals surface area contributed by atoms with Crippen LogP contribution in [0.15, 0.2) is 66.7 Å². The Morgan fingerprint density at radius 1 is 0.472 bits per heavy atom. The summed E-state index contributed by atoms with van der Waals surface area (Å²) in [6.45, 7) is 28.0. The van der Waals surface area contributed by atoms with Crippen LogP contribution in [0.25, 0.3) is 0 Å². The minimum absolute atomic E-state index is 0.0431. The lowest BCUT2D eigenvalue weighted by Crippen LogP contribution is -2.30. The molecule has 0 aliphatic heterocycles. The van der Waals surface area contributed by atoms with Gasteiger partial charge in [0, 0.05) is 10.6 Å². The van der Waals surface area contributed by atoms with Gasteiger partial charge >= 0.3 is 0 Å². The summed E-state index contributed by atoms with van der Waals surface area (Å²) in [4.78, 5) is 0. The molecular weight excluding hydrogens is 451 g/mol. The third-order valence-corrected chi connectivity index (χ3v) is 8.33. The summed E-state index contributed by atoms with van der Waals surface area (Å²) in [5, 5.41) is 2.83. The Morgan fingerprint density at radius 3 is 1.28 bits per heavy atom. The summed E-state index contributed by atoms with van der Waals surface area (Å²) in [5.41, 5.74) is 8.64. The topological polar surface area (TPSA) is 0 Å². The molecule has 0 atom stereocenters. The highest BCUT2D eigenvalue weighted by Gasteiger charge is 2.29. The minimum Gasteiger partial charge on any atom is -0.0622 e. The first-order chi connectivity index (χ1) is 16.4. The summed E-state index contributed by atoms with van der Waals surface area (Å²) in [6.07, 6.45) is 0. The Labute approximate surface area is 223 Å². The van der Waals surface area contributed by atoms with Gasteiger partial charge in [0.05, 0.1) is 0 Å². The molecule has 0 aliphatic rings. The van der Waals surface area contributed by atoms with Gasteiger partial charge in [-0.2, -0.15) is 0 Å². The first-order valence-corrected chi connectivity index (χ1v) is 14.2. The SMILES string of the molecule is CC(C)(C)c1ccc(C(=Pc2c(C(C)(C)C)cc(C(C)(C)C)cc2C(C)(C)C)c2ccccc2)cc1. The molecule has 0 unspecified atom stereocenters. The van der Waals surface area contributed by atoms with Crippen LogP contribution in [-0.2, 0) is 21.7 Å². The second-order valence-corrected chi connectivity index (χ2v) is 15.4. The highest BCUT2D eigenvalue weighted by molar-refractivity contribution is 7.50. The van der Waals surface area contributed by atoms with Crippen LogP contribution in [0.1, 0.15) is 116 Å². The summed E-state index contributed by atoms with van der Waals surface area (Å²) in [6, 6.07) is 25.2. The van der Waals surface area contributed by atoms with Crippen LogP contribution >= 0.6 is 8.20 Å². The Hall–Kier alpha value is -2.17. The van der Waals surface area contributed by atoms with Crippen LogP contribution in [0.2, 0.25) is 0 Å². The van der Waals surface area contributed by atoms with E-state index in [1.54, 1.807) is 0 Å². The summed E-state index contributed by atoms with van der Waals surface area (Å²) >= 11 is 0. The maximum absolute atomic E-state index is 2.49. The average molecular weight is 499 g/mol. The zero-order valence-electron chi connectivity index (χ0n) is 24.8. The molecule has 0 radical (unpaired) electrons. The van der Waals surface area contributed by atoms with Gasteiger partial charge in [-0.05, 0) is 55.0 Å². The molecule has 0 aliphatic carbocycles. The highest BCUT2D eigenvalue weighted by Crippen LogP contribution is 2.36. The maximum atomic E-state index is 2.49. The van der Waals surface area contributed by atoms with Crippen LogP contribution in [-0.4, -0.2) is 5.29 Å². The van der Waals surface area contributed by atoms with E-state index in [0.717, 1.165) is 0 Å². The molecule has 0 saturated carbocycles. The molecule has 1 heteroatoms. The van der Waals surface area contributed by atoms with Gasteiger partial charge in [0.15, 0.2) is 0 Å². The maximum Gasteiger partial charge on any atom is 0.0169 e. The van der Waals surface area contributed by atoms with Crippen LogP contribution in [0.3, 0.4) is 0 Å². The van der Waals surface area contributed by atoms with Gasteiger partial charge in [-0.15, -0.1) is 0 Å². The molecule has 3 aromatic carbocycles. The second kappa shape index (κ2) is 9.95. The van der Waals surface area contributed by atoms with Crippen molar-refractivity contribution in [1.82, 2.24) is 0 Å². The quantitative estimate of drug-likeness (QED) is 0.315. The van der Waals surface area contributed by atoms with E-state index < -0.39 is 0 Å². The highest BCUT2D eigenvalue weighted by atomic mass is 31.1. The van der Waals surface area contributed by atoms with Crippen molar-refractivity contribution >= 4 is 18.8 Å². The Balaban J connectivity index is 2.41. The lowest BCUT2D eigenvalue weighted by atomic mass is 9.75.